The third-order valence-electron chi connectivity index (χ3n) is 3.89. The highest BCUT2D eigenvalue weighted by Crippen LogP contribution is 2.34. The number of nitrogens with zero attached hydrogens (tertiary/aromatic N) is 1. The fourth-order valence-corrected chi connectivity index (χ4v) is 3.02. The number of hydrogen-bond donors (Lipinski definition) is 1. The zero-order valence-corrected chi connectivity index (χ0v) is 10.9. The zero-order valence-electron chi connectivity index (χ0n) is 10.9. The van der Waals surface area contributed by atoms with Crippen molar-refractivity contribution in [2.24, 2.45) is 5.73 Å². The second-order valence-corrected chi connectivity index (χ2v) is 5.03. The molecule has 0 bridgehead atoms. The first-order chi connectivity index (χ1) is 8.19. The maximum atomic E-state index is 6.19. The first-order valence-electron chi connectivity index (χ1n) is 6.58. The van der Waals surface area contributed by atoms with Crippen LogP contribution >= 0.6 is 0 Å². The van der Waals surface area contributed by atoms with Gasteiger partial charge in [0.15, 0.2) is 0 Å². The summed E-state index contributed by atoms with van der Waals surface area (Å²) in [5.74, 6) is 2.80. The van der Waals surface area contributed by atoms with Gasteiger partial charge in [0.05, 0.1) is 0 Å². The van der Waals surface area contributed by atoms with Crippen LogP contribution < -0.4 is 5.73 Å². The van der Waals surface area contributed by atoms with E-state index in [1.54, 1.807) is 0 Å². The molecule has 1 heterocycles. The van der Waals surface area contributed by atoms with Crippen LogP contribution in [-0.2, 0) is 6.42 Å². The Bertz CT molecular complexity index is 437. The highest BCUT2D eigenvalue weighted by Gasteiger charge is 2.24. The SMILES string of the molecule is C#CCC(CC)n1c(C)cc2c1CCCC2N. The monoisotopic (exact) mass is 230 g/mol. The fraction of sp³-hybridized carbons (Fsp3) is 0.600. The molecule has 0 spiro atoms. The maximum Gasteiger partial charge on any atom is 0.0442 e. The van der Waals surface area contributed by atoms with Crippen LogP contribution in [0.2, 0.25) is 0 Å². The lowest BCUT2D eigenvalue weighted by Gasteiger charge is -2.25. The summed E-state index contributed by atoms with van der Waals surface area (Å²) in [6, 6.07) is 2.93. The second-order valence-electron chi connectivity index (χ2n) is 5.03. The molecule has 0 fully saturated rings. The van der Waals surface area contributed by atoms with E-state index in [9.17, 15) is 0 Å². The van der Waals surface area contributed by atoms with Crippen LogP contribution in [0.5, 0.6) is 0 Å². The molecule has 1 aromatic rings. The van der Waals surface area contributed by atoms with Gasteiger partial charge in [0.2, 0.25) is 0 Å². The maximum absolute atomic E-state index is 6.19. The molecule has 1 aliphatic carbocycles. The van der Waals surface area contributed by atoms with Crippen LogP contribution in [0, 0.1) is 19.3 Å². The highest BCUT2D eigenvalue weighted by atomic mass is 15.0. The van der Waals surface area contributed by atoms with E-state index in [0.29, 0.717) is 6.04 Å². The van der Waals surface area contributed by atoms with E-state index >= 15 is 0 Å². The summed E-state index contributed by atoms with van der Waals surface area (Å²) in [4.78, 5) is 0. The molecule has 0 saturated carbocycles. The van der Waals surface area contributed by atoms with E-state index in [4.69, 9.17) is 12.2 Å². The summed E-state index contributed by atoms with van der Waals surface area (Å²) < 4.78 is 2.44. The topological polar surface area (TPSA) is 30.9 Å². The van der Waals surface area contributed by atoms with Gasteiger partial charge in [-0.15, -0.1) is 12.3 Å². The van der Waals surface area contributed by atoms with E-state index in [-0.39, 0.29) is 6.04 Å². The highest BCUT2D eigenvalue weighted by molar-refractivity contribution is 5.33. The van der Waals surface area contributed by atoms with Gasteiger partial charge in [0.1, 0.15) is 0 Å². The summed E-state index contributed by atoms with van der Waals surface area (Å²) in [5.41, 5.74) is 10.3. The lowest BCUT2D eigenvalue weighted by atomic mass is 9.93. The summed E-state index contributed by atoms with van der Waals surface area (Å²) in [5, 5.41) is 0. The molecule has 2 atom stereocenters. The summed E-state index contributed by atoms with van der Waals surface area (Å²) in [6.07, 6.45) is 10.8. The van der Waals surface area contributed by atoms with E-state index < -0.39 is 0 Å². The Hall–Kier alpha value is -1.20. The quantitative estimate of drug-likeness (QED) is 0.795. The van der Waals surface area contributed by atoms with Crippen LogP contribution in [0.3, 0.4) is 0 Å². The molecular formula is C15H22N2. The van der Waals surface area contributed by atoms with Crippen LogP contribution in [-0.4, -0.2) is 4.57 Å². The zero-order chi connectivity index (χ0) is 12.4. The standard InChI is InChI=1S/C15H22N2/c1-4-7-12(5-2)17-11(3)10-13-14(16)8-6-9-15(13)17/h1,10,12,14H,5-9,16H2,2-3H3. The van der Waals surface area contributed by atoms with Gasteiger partial charge in [-0.3, -0.25) is 0 Å². The van der Waals surface area contributed by atoms with Gasteiger partial charge in [-0.25, -0.2) is 0 Å². The Kier molecular flexibility index (Phi) is 3.59. The molecule has 2 heteroatoms. The Morgan fingerprint density at radius 3 is 3.06 bits per heavy atom. The Morgan fingerprint density at radius 1 is 1.65 bits per heavy atom. The second kappa shape index (κ2) is 4.98. The van der Waals surface area contributed by atoms with Crippen LogP contribution in [0.25, 0.3) is 0 Å². The van der Waals surface area contributed by atoms with Crippen molar-refractivity contribution in [1.82, 2.24) is 4.57 Å². The average Bonchev–Trinajstić information content (AvgIpc) is 2.64. The Balaban J connectivity index is 2.43. The van der Waals surface area contributed by atoms with Gasteiger partial charge in [-0.05, 0) is 44.2 Å². The van der Waals surface area contributed by atoms with Gasteiger partial charge in [-0.2, -0.15) is 0 Å². The molecule has 92 valence electrons. The Morgan fingerprint density at radius 2 is 2.41 bits per heavy atom. The predicted octanol–water partition coefficient (Wildman–Crippen LogP) is 3.11. The summed E-state index contributed by atoms with van der Waals surface area (Å²) >= 11 is 0. The molecular weight excluding hydrogens is 208 g/mol. The van der Waals surface area contributed by atoms with Gasteiger partial charge in [0, 0.05) is 29.9 Å². The van der Waals surface area contributed by atoms with E-state index in [2.05, 4.69) is 30.4 Å². The molecule has 17 heavy (non-hydrogen) atoms. The van der Waals surface area contributed by atoms with Gasteiger partial charge < -0.3 is 10.3 Å². The largest absolute Gasteiger partial charge is 0.345 e. The third kappa shape index (κ3) is 2.12. The van der Waals surface area contributed by atoms with Crippen molar-refractivity contribution in [2.75, 3.05) is 0 Å². The number of terminal acetylenes is 1. The third-order valence-corrected chi connectivity index (χ3v) is 3.89. The van der Waals surface area contributed by atoms with Gasteiger partial charge in [-0.1, -0.05) is 6.92 Å². The average molecular weight is 230 g/mol. The van der Waals surface area contributed by atoms with Crippen molar-refractivity contribution < 1.29 is 0 Å². The molecule has 0 amide bonds. The molecule has 2 unspecified atom stereocenters. The van der Waals surface area contributed by atoms with Crippen molar-refractivity contribution in [1.29, 1.82) is 0 Å². The predicted molar refractivity (Wildman–Crippen MR) is 71.8 cm³/mol. The van der Waals surface area contributed by atoms with E-state index in [1.165, 1.54) is 23.4 Å². The minimum Gasteiger partial charge on any atom is -0.345 e. The molecule has 1 aliphatic rings. The molecule has 0 saturated heterocycles. The molecule has 1 aromatic heterocycles. The fourth-order valence-electron chi connectivity index (χ4n) is 3.02. The number of nitrogens with two attached hydrogens (primary N) is 1. The number of aryl methyl sites for hydroxylation is 1. The van der Waals surface area contributed by atoms with Gasteiger partial charge in [0.25, 0.3) is 0 Å². The van der Waals surface area contributed by atoms with Crippen LogP contribution in [0.4, 0.5) is 0 Å². The van der Waals surface area contributed by atoms with Crippen molar-refractivity contribution in [3.63, 3.8) is 0 Å². The number of fused-ring (bicyclic) bond motifs is 1. The minimum atomic E-state index is 0.224. The first-order valence-corrected chi connectivity index (χ1v) is 6.58. The van der Waals surface area contributed by atoms with Gasteiger partial charge >= 0.3 is 0 Å². The normalized spacial score (nSPS) is 20.7. The molecule has 2 N–H and O–H groups in total. The Labute approximate surface area is 104 Å². The number of aromatic nitrogens is 1. The molecule has 0 aliphatic heterocycles. The molecule has 2 rings (SSSR count). The van der Waals surface area contributed by atoms with E-state index in [1.807, 2.05) is 0 Å². The van der Waals surface area contributed by atoms with Crippen molar-refractivity contribution in [2.45, 2.75) is 58.0 Å². The van der Waals surface area contributed by atoms with Crippen molar-refractivity contribution >= 4 is 0 Å². The first kappa shape index (κ1) is 12.3. The van der Waals surface area contributed by atoms with Crippen LogP contribution in [0.1, 0.15) is 61.6 Å². The summed E-state index contributed by atoms with van der Waals surface area (Å²) in [6.45, 7) is 4.38. The lowest BCUT2D eigenvalue weighted by molar-refractivity contribution is 0.454. The lowest BCUT2D eigenvalue weighted by Crippen LogP contribution is -2.20. The minimum absolute atomic E-state index is 0.224. The smallest absolute Gasteiger partial charge is 0.0442 e. The molecule has 2 nitrogen and oxygen atoms in total. The molecule has 0 radical (unpaired) electrons. The van der Waals surface area contributed by atoms with Crippen molar-refractivity contribution in [3.05, 3.63) is 23.0 Å². The number of hydrogen-bond acceptors (Lipinski definition) is 1. The van der Waals surface area contributed by atoms with Crippen molar-refractivity contribution in [3.8, 4) is 12.3 Å². The van der Waals surface area contributed by atoms with Crippen LogP contribution in [0.15, 0.2) is 6.07 Å². The van der Waals surface area contributed by atoms with E-state index in [0.717, 1.165) is 25.7 Å². The summed E-state index contributed by atoms with van der Waals surface area (Å²) in [7, 11) is 0. The number of rotatable bonds is 3. The molecule has 0 aromatic carbocycles.